The number of carbonyl (C=O) groups excluding carboxylic acids is 1. The molecule has 0 spiro atoms. The first-order valence-corrected chi connectivity index (χ1v) is 12.9. The highest BCUT2D eigenvalue weighted by Gasteiger charge is 2.28. The molecular formula is C33H35NO2. The number of ether oxygens (including phenoxy) is 1. The molecule has 0 bridgehead atoms. The van der Waals surface area contributed by atoms with Gasteiger partial charge in [-0.25, -0.2) is 0 Å². The molecule has 0 aromatic heterocycles. The van der Waals surface area contributed by atoms with E-state index in [2.05, 4.69) is 65.6 Å². The van der Waals surface area contributed by atoms with Gasteiger partial charge in [-0.05, 0) is 60.7 Å². The fraction of sp³-hybridized carbons (Fsp3) is 0.242. The van der Waals surface area contributed by atoms with Crippen LogP contribution >= 0.6 is 0 Å². The highest BCUT2D eigenvalue weighted by atomic mass is 16.5. The smallest absolute Gasteiger partial charge is 0.163 e. The van der Waals surface area contributed by atoms with Crippen molar-refractivity contribution in [2.24, 2.45) is 5.92 Å². The summed E-state index contributed by atoms with van der Waals surface area (Å²) in [6.07, 6.45) is 2.64. The number of carbonyl (C=O) groups is 1. The van der Waals surface area contributed by atoms with Crippen molar-refractivity contribution in [3.8, 4) is 11.5 Å². The van der Waals surface area contributed by atoms with Crippen LogP contribution in [0.15, 0.2) is 115 Å². The third kappa shape index (κ3) is 6.30. The van der Waals surface area contributed by atoms with Crippen molar-refractivity contribution in [2.45, 2.75) is 25.2 Å². The lowest BCUT2D eigenvalue weighted by Gasteiger charge is -2.40. The average molecular weight is 478 g/mol. The molecule has 0 aliphatic carbocycles. The SMILES string of the molecule is O=C(CCC1CN(CCC(c2ccccc2)c2ccccc2)C1)c1cccc(Oc2ccccc2)c1.[HH]. The summed E-state index contributed by atoms with van der Waals surface area (Å²) >= 11 is 0. The molecule has 1 aliphatic rings. The van der Waals surface area contributed by atoms with Crippen LogP contribution < -0.4 is 4.74 Å². The molecule has 1 fully saturated rings. The summed E-state index contributed by atoms with van der Waals surface area (Å²) in [6, 6.07) is 38.8. The number of nitrogens with zero attached hydrogens (tertiary/aromatic N) is 1. The minimum atomic E-state index is 0. The van der Waals surface area contributed by atoms with Crippen LogP contribution in [0.1, 0.15) is 48.1 Å². The summed E-state index contributed by atoms with van der Waals surface area (Å²) in [5, 5.41) is 0. The standard InChI is InChI=1S/C33H33NO2.H2/c35-33(29-15-10-18-31(23-29)36-30-16-8-3-9-17-30)20-19-26-24-34(25-26)22-21-32(27-11-4-1-5-12-27)28-13-6-2-7-14-28;/h1-18,23,26,32H,19-22,24-25H2;1H. The van der Waals surface area contributed by atoms with Crippen LogP contribution in [-0.4, -0.2) is 30.3 Å². The van der Waals surface area contributed by atoms with E-state index in [9.17, 15) is 4.79 Å². The van der Waals surface area contributed by atoms with Gasteiger partial charge in [0.15, 0.2) is 5.78 Å². The number of hydrogen-bond donors (Lipinski definition) is 0. The molecule has 0 unspecified atom stereocenters. The summed E-state index contributed by atoms with van der Waals surface area (Å²) in [5.41, 5.74) is 3.49. The molecule has 0 N–H and O–H groups in total. The molecule has 0 amide bonds. The highest BCUT2D eigenvalue weighted by Crippen LogP contribution is 2.30. The molecule has 3 nitrogen and oxygen atoms in total. The van der Waals surface area contributed by atoms with E-state index in [4.69, 9.17) is 4.74 Å². The second-order valence-corrected chi connectivity index (χ2v) is 9.69. The fourth-order valence-electron chi connectivity index (χ4n) is 5.09. The van der Waals surface area contributed by atoms with Crippen molar-refractivity contribution >= 4 is 5.78 Å². The van der Waals surface area contributed by atoms with Crippen LogP contribution in [0.2, 0.25) is 0 Å². The summed E-state index contributed by atoms with van der Waals surface area (Å²) < 4.78 is 5.89. The Labute approximate surface area is 215 Å². The van der Waals surface area contributed by atoms with Crippen LogP contribution in [0.4, 0.5) is 0 Å². The van der Waals surface area contributed by atoms with Crippen LogP contribution in [0.25, 0.3) is 0 Å². The Morgan fingerprint density at radius 2 is 1.36 bits per heavy atom. The molecule has 0 radical (unpaired) electrons. The van der Waals surface area contributed by atoms with E-state index in [1.54, 1.807) is 0 Å². The first-order chi connectivity index (χ1) is 17.7. The van der Waals surface area contributed by atoms with Gasteiger partial charge in [0, 0.05) is 32.4 Å². The maximum absolute atomic E-state index is 12.8. The quantitative estimate of drug-likeness (QED) is 0.206. The van der Waals surface area contributed by atoms with E-state index in [-0.39, 0.29) is 7.21 Å². The maximum atomic E-state index is 12.8. The van der Waals surface area contributed by atoms with E-state index < -0.39 is 0 Å². The molecule has 1 aliphatic heterocycles. The zero-order valence-corrected chi connectivity index (χ0v) is 20.6. The largest absolute Gasteiger partial charge is 0.457 e. The van der Waals surface area contributed by atoms with E-state index in [0.29, 0.717) is 24.0 Å². The Morgan fingerprint density at radius 3 is 2.00 bits per heavy atom. The van der Waals surface area contributed by atoms with E-state index >= 15 is 0 Å². The van der Waals surface area contributed by atoms with Gasteiger partial charge in [-0.15, -0.1) is 0 Å². The Balaban J connectivity index is 0.00000320. The van der Waals surface area contributed by atoms with E-state index in [1.165, 1.54) is 11.1 Å². The number of hydrogen-bond acceptors (Lipinski definition) is 3. The number of Topliss-reactive ketones (excluding diaryl/α,β-unsaturated/α-hetero) is 1. The Kier molecular flexibility index (Phi) is 7.89. The van der Waals surface area contributed by atoms with E-state index in [0.717, 1.165) is 43.8 Å². The van der Waals surface area contributed by atoms with Crippen molar-refractivity contribution in [1.82, 2.24) is 4.90 Å². The molecular weight excluding hydrogens is 442 g/mol. The van der Waals surface area contributed by atoms with Gasteiger partial charge in [0.1, 0.15) is 11.5 Å². The monoisotopic (exact) mass is 477 g/mol. The van der Waals surface area contributed by atoms with Crippen molar-refractivity contribution in [3.63, 3.8) is 0 Å². The summed E-state index contributed by atoms with van der Waals surface area (Å²) in [7, 11) is 0. The molecule has 36 heavy (non-hydrogen) atoms. The second-order valence-electron chi connectivity index (χ2n) is 9.69. The Bertz CT molecular complexity index is 1200. The lowest BCUT2D eigenvalue weighted by molar-refractivity contribution is 0.0811. The predicted molar refractivity (Wildman–Crippen MR) is 148 cm³/mol. The molecule has 4 aromatic rings. The zero-order chi connectivity index (χ0) is 24.6. The minimum Gasteiger partial charge on any atom is -0.457 e. The molecule has 3 heteroatoms. The van der Waals surface area contributed by atoms with Crippen LogP contribution in [0, 0.1) is 5.92 Å². The van der Waals surface area contributed by atoms with Gasteiger partial charge >= 0.3 is 0 Å². The molecule has 0 atom stereocenters. The first kappa shape index (κ1) is 24.0. The van der Waals surface area contributed by atoms with Gasteiger partial charge in [0.25, 0.3) is 0 Å². The van der Waals surface area contributed by atoms with E-state index in [1.807, 2.05) is 54.6 Å². The van der Waals surface area contributed by atoms with Crippen LogP contribution in [0.5, 0.6) is 11.5 Å². The minimum absolute atomic E-state index is 0. The molecule has 5 rings (SSSR count). The molecule has 1 saturated heterocycles. The summed E-state index contributed by atoms with van der Waals surface area (Å²) in [6.45, 7) is 3.25. The summed E-state index contributed by atoms with van der Waals surface area (Å²) in [4.78, 5) is 15.4. The molecule has 1 heterocycles. The number of benzene rings is 4. The number of para-hydroxylation sites is 1. The molecule has 184 valence electrons. The van der Waals surface area contributed by atoms with Crippen molar-refractivity contribution in [2.75, 3.05) is 19.6 Å². The van der Waals surface area contributed by atoms with Gasteiger partial charge < -0.3 is 9.64 Å². The van der Waals surface area contributed by atoms with Crippen molar-refractivity contribution in [1.29, 1.82) is 0 Å². The van der Waals surface area contributed by atoms with Gasteiger partial charge in [-0.2, -0.15) is 0 Å². The van der Waals surface area contributed by atoms with Gasteiger partial charge in [-0.3, -0.25) is 4.79 Å². The molecule has 4 aromatic carbocycles. The second kappa shape index (κ2) is 11.8. The van der Waals surface area contributed by atoms with Crippen LogP contribution in [0.3, 0.4) is 0 Å². The van der Waals surface area contributed by atoms with Crippen molar-refractivity contribution < 1.29 is 11.0 Å². The van der Waals surface area contributed by atoms with Gasteiger partial charge in [0.2, 0.25) is 0 Å². The Hall–Kier alpha value is -3.69. The third-order valence-corrected chi connectivity index (χ3v) is 7.09. The highest BCUT2D eigenvalue weighted by molar-refractivity contribution is 5.96. The molecule has 0 saturated carbocycles. The normalized spacial score (nSPS) is 13.9. The maximum Gasteiger partial charge on any atom is 0.163 e. The lowest BCUT2D eigenvalue weighted by Crippen LogP contribution is -2.47. The third-order valence-electron chi connectivity index (χ3n) is 7.09. The Morgan fingerprint density at radius 1 is 0.778 bits per heavy atom. The summed E-state index contributed by atoms with van der Waals surface area (Å²) in [5.74, 6) is 2.69. The zero-order valence-electron chi connectivity index (χ0n) is 20.6. The first-order valence-electron chi connectivity index (χ1n) is 12.9. The lowest BCUT2D eigenvalue weighted by atomic mass is 9.87. The van der Waals surface area contributed by atoms with Crippen molar-refractivity contribution in [3.05, 3.63) is 132 Å². The number of ketones is 1. The number of likely N-dealkylation sites (tertiary alicyclic amines) is 1. The fourth-order valence-corrected chi connectivity index (χ4v) is 5.09. The topological polar surface area (TPSA) is 29.5 Å². The van der Waals surface area contributed by atoms with Gasteiger partial charge in [-0.1, -0.05) is 91.0 Å². The predicted octanol–water partition coefficient (Wildman–Crippen LogP) is 7.84. The number of rotatable bonds is 11. The van der Waals surface area contributed by atoms with Gasteiger partial charge in [0.05, 0.1) is 0 Å². The average Bonchev–Trinajstić information content (AvgIpc) is 2.91. The van der Waals surface area contributed by atoms with Crippen LogP contribution in [-0.2, 0) is 0 Å².